The quantitative estimate of drug-likeness (QED) is 0.611. The third kappa shape index (κ3) is 5.12. The molecule has 0 aliphatic heterocycles. The van der Waals surface area contributed by atoms with E-state index in [0.29, 0.717) is 13.0 Å². The Hall–Kier alpha value is -1.71. The molecular weight excluding hydrogens is 470 g/mol. The molecule has 0 bridgehead atoms. The SMILES string of the molecule is CCOC(=O)Cn1ncc2c1CCC[C@H]2NS(=O)(=O)c1cc(Br)cc(C(C)(C)C)c1. The third-order valence-corrected chi connectivity index (χ3v) is 7.10. The molecule has 1 aromatic heterocycles. The van der Waals surface area contributed by atoms with Gasteiger partial charge in [-0.15, -0.1) is 0 Å². The molecule has 1 atom stereocenters. The van der Waals surface area contributed by atoms with Gasteiger partial charge in [0.2, 0.25) is 10.0 Å². The number of rotatable bonds is 6. The number of carbonyl (C=O) groups is 1. The normalized spacial score (nSPS) is 16.9. The fraction of sp³-hybridized carbons (Fsp3) is 0.524. The lowest BCUT2D eigenvalue weighted by Crippen LogP contribution is -2.31. The fourth-order valence-electron chi connectivity index (χ4n) is 3.61. The van der Waals surface area contributed by atoms with Crippen LogP contribution in [0.3, 0.4) is 0 Å². The Morgan fingerprint density at radius 2 is 2.07 bits per heavy atom. The van der Waals surface area contributed by atoms with Crippen LogP contribution in [0.15, 0.2) is 33.8 Å². The zero-order valence-electron chi connectivity index (χ0n) is 17.7. The summed E-state index contributed by atoms with van der Waals surface area (Å²) in [7, 11) is -3.74. The van der Waals surface area contributed by atoms with Crippen molar-refractivity contribution in [3.8, 4) is 0 Å². The Morgan fingerprint density at radius 1 is 1.33 bits per heavy atom. The number of fused-ring (bicyclic) bond motifs is 1. The average Bonchev–Trinajstić information content (AvgIpc) is 3.04. The molecule has 9 heteroatoms. The third-order valence-electron chi connectivity index (χ3n) is 5.19. The number of hydrogen-bond donors (Lipinski definition) is 1. The van der Waals surface area contributed by atoms with Gasteiger partial charge in [-0.05, 0) is 55.4 Å². The largest absolute Gasteiger partial charge is 0.465 e. The van der Waals surface area contributed by atoms with Gasteiger partial charge in [-0.1, -0.05) is 36.7 Å². The van der Waals surface area contributed by atoms with Crippen LogP contribution in [0.4, 0.5) is 0 Å². The van der Waals surface area contributed by atoms with E-state index < -0.39 is 10.0 Å². The van der Waals surface area contributed by atoms with Gasteiger partial charge in [-0.2, -0.15) is 5.10 Å². The van der Waals surface area contributed by atoms with Crippen molar-refractivity contribution in [2.75, 3.05) is 6.61 Å². The highest BCUT2D eigenvalue weighted by Crippen LogP contribution is 2.33. The number of aromatic nitrogens is 2. The van der Waals surface area contributed by atoms with Gasteiger partial charge in [-0.3, -0.25) is 9.48 Å². The Bertz CT molecular complexity index is 1040. The van der Waals surface area contributed by atoms with Crippen molar-refractivity contribution in [2.24, 2.45) is 0 Å². The van der Waals surface area contributed by atoms with E-state index in [4.69, 9.17) is 4.74 Å². The van der Waals surface area contributed by atoms with E-state index in [0.717, 1.165) is 34.1 Å². The van der Waals surface area contributed by atoms with Gasteiger partial charge in [0.1, 0.15) is 6.54 Å². The van der Waals surface area contributed by atoms with E-state index in [1.807, 2.05) is 26.8 Å². The zero-order valence-corrected chi connectivity index (χ0v) is 20.1. The van der Waals surface area contributed by atoms with E-state index in [2.05, 4.69) is 25.8 Å². The molecule has 0 saturated heterocycles. The van der Waals surface area contributed by atoms with Crippen molar-refractivity contribution in [1.29, 1.82) is 0 Å². The van der Waals surface area contributed by atoms with E-state index in [1.165, 1.54) is 0 Å². The lowest BCUT2D eigenvalue weighted by Gasteiger charge is -2.25. The molecule has 0 unspecified atom stereocenters. The minimum atomic E-state index is -3.74. The van der Waals surface area contributed by atoms with Crippen molar-refractivity contribution < 1.29 is 17.9 Å². The molecule has 1 aliphatic carbocycles. The summed E-state index contributed by atoms with van der Waals surface area (Å²) in [6, 6.07) is 4.90. The summed E-state index contributed by atoms with van der Waals surface area (Å²) in [6.07, 6.45) is 3.89. The second-order valence-electron chi connectivity index (χ2n) is 8.50. The molecule has 1 N–H and O–H groups in total. The fourth-order valence-corrected chi connectivity index (χ4v) is 5.58. The predicted octanol–water partition coefficient (Wildman–Crippen LogP) is 3.86. The van der Waals surface area contributed by atoms with Crippen LogP contribution < -0.4 is 4.72 Å². The van der Waals surface area contributed by atoms with Crippen LogP contribution in [0.1, 0.15) is 63.4 Å². The second-order valence-corrected chi connectivity index (χ2v) is 11.1. The number of halogens is 1. The summed E-state index contributed by atoms with van der Waals surface area (Å²) < 4.78 is 36.5. The number of nitrogens with zero attached hydrogens (tertiary/aromatic N) is 2. The second kappa shape index (κ2) is 8.80. The van der Waals surface area contributed by atoms with Gasteiger partial charge in [0.15, 0.2) is 0 Å². The number of hydrogen-bond acceptors (Lipinski definition) is 5. The van der Waals surface area contributed by atoms with Crippen molar-refractivity contribution >= 4 is 31.9 Å². The highest BCUT2D eigenvalue weighted by Gasteiger charge is 2.30. The molecule has 164 valence electrons. The van der Waals surface area contributed by atoms with Gasteiger partial charge in [0, 0.05) is 15.7 Å². The summed E-state index contributed by atoms with van der Waals surface area (Å²) in [5.74, 6) is -0.352. The van der Waals surface area contributed by atoms with E-state index in [9.17, 15) is 13.2 Å². The van der Waals surface area contributed by atoms with Gasteiger partial charge in [-0.25, -0.2) is 13.1 Å². The topological polar surface area (TPSA) is 90.3 Å². The Labute approximate surface area is 186 Å². The highest BCUT2D eigenvalue weighted by atomic mass is 79.9. The number of sulfonamides is 1. The van der Waals surface area contributed by atoms with Crippen LogP contribution >= 0.6 is 15.9 Å². The summed E-state index contributed by atoms with van der Waals surface area (Å²) in [4.78, 5) is 12.1. The molecule has 0 spiro atoms. The first-order valence-corrected chi connectivity index (χ1v) is 12.3. The summed E-state index contributed by atoms with van der Waals surface area (Å²) in [6.45, 7) is 8.24. The van der Waals surface area contributed by atoms with Crippen LogP contribution in [0.2, 0.25) is 0 Å². The van der Waals surface area contributed by atoms with Gasteiger partial charge in [0.25, 0.3) is 0 Å². The molecule has 0 amide bonds. The molecule has 1 aromatic carbocycles. The molecule has 0 fully saturated rings. The lowest BCUT2D eigenvalue weighted by atomic mass is 9.87. The maximum Gasteiger partial charge on any atom is 0.327 e. The predicted molar refractivity (Wildman–Crippen MR) is 118 cm³/mol. The van der Waals surface area contributed by atoms with E-state index in [1.54, 1.807) is 29.9 Å². The maximum atomic E-state index is 13.2. The van der Waals surface area contributed by atoms with E-state index in [-0.39, 0.29) is 28.9 Å². The number of carbonyl (C=O) groups excluding carboxylic acids is 1. The first-order chi connectivity index (χ1) is 14.0. The minimum absolute atomic E-state index is 0.0310. The summed E-state index contributed by atoms with van der Waals surface area (Å²) in [5.41, 5.74) is 2.45. The molecule has 30 heavy (non-hydrogen) atoms. The smallest absolute Gasteiger partial charge is 0.327 e. The van der Waals surface area contributed by atoms with Gasteiger partial charge >= 0.3 is 5.97 Å². The van der Waals surface area contributed by atoms with Crippen molar-refractivity contribution in [1.82, 2.24) is 14.5 Å². The van der Waals surface area contributed by atoms with Crippen LogP contribution in [-0.2, 0) is 37.9 Å². The first kappa shape index (κ1) is 23.0. The Balaban J connectivity index is 1.87. The number of benzene rings is 1. The molecule has 1 heterocycles. The molecule has 1 aliphatic rings. The van der Waals surface area contributed by atoms with Crippen molar-refractivity contribution in [2.45, 2.75) is 69.9 Å². The highest BCUT2D eigenvalue weighted by molar-refractivity contribution is 9.10. The lowest BCUT2D eigenvalue weighted by molar-refractivity contribution is -0.144. The standard InChI is InChI=1S/C21H28BrN3O4S/c1-5-29-20(26)13-25-19-8-6-7-18(17(19)12-23-25)24-30(27,28)16-10-14(21(2,3)4)9-15(22)11-16/h9-12,18,24H,5-8,13H2,1-4H3/t18-/m1/s1. The first-order valence-electron chi connectivity index (χ1n) is 10.0. The van der Waals surface area contributed by atoms with Crippen LogP contribution in [0.5, 0.6) is 0 Å². The molecular formula is C21H28BrN3O4S. The minimum Gasteiger partial charge on any atom is -0.465 e. The molecule has 7 nitrogen and oxygen atoms in total. The molecule has 2 aromatic rings. The molecule has 3 rings (SSSR count). The maximum absolute atomic E-state index is 13.2. The van der Waals surface area contributed by atoms with Crippen LogP contribution in [-0.4, -0.2) is 30.8 Å². The zero-order chi connectivity index (χ0) is 22.1. The number of nitrogens with one attached hydrogen (secondary N) is 1. The Kier molecular flexibility index (Phi) is 6.74. The summed E-state index contributed by atoms with van der Waals surface area (Å²) >= 11 is 3.44. The van der Waals surface area contributed by atoms with Crippen LogP contribution in [0, 0.1) is 0 Å². The molecule has 0 saturated carbocycles. The van der Waals surface area contributed by atoms with Crippen molar-refractivity contribution in [3.05, 3.63) is 45.7 Å². The van der Waals surface area contributed by atoms with Crippen LogP contribution in [0.25, 0.3) is 0 Å². The Morgan fingerprint density at radius 3 is 2.73 bits per heavy atom. The van der Waals surface area contributed by atoms with Gasteiger partial charge in [0.05, 0.1) is 23.7 Å². The van der Waals surface area contributed by atoms with E-state index >= 15 is 0 Å². The average molecular weight is 498 g/mol. The number of ether oxygens (including phenoxy) is 1. The summed E-state index contributed by atoms with van der Waals surface area (Å²) in [5, 5.41) is 4.31. The monoisotopic (exact) mass is 497 g/mol. The van der Waals surface area contributed by atoms with Gasteiger partial charge < -0.3 is 4.74 Å². The van der Waals surface area contributed by atoms with Crippen molar-refractivity contribution in [3.63, 3.8) is 0 Å². The molecule has 0 radical (unpaired) electrons. The number of esters is 1.